The highest BCUT2D eigenvalue weighted by Crippen LogP contribution is 2.31. The van der Waals surface area contributed by atoms with Crippen LogP contribution in [0.1, 0.15) is 21.5 Å². The van der Waals surface area contributed by atoms with E-state index in [1.54, 1.807) is 12.1 Å². The highest BCUT2D eigenvalue weighted by Gasteiger charge is 2.20. The molecule has 0 aliphatic heterocycles. The standard InChI is InChI=1S/C24H17Cl2NO2/c1-15-22(24(28)29-14-16-9-11-18(25)12-10-16)20-7-2-3-8-21(20)27-23(15)17-5-4-6-19(26)13-17/h2-13H,14H2,1H3. The highest BCUT2D eigenvalue weighted by molar-refractivity contribution is 6.31. The molecule has 0 aliphatic carbocycles. The Balaban J connectivity index is 1.76. The lowest BCUT2D eigenvalue weighted by Crippen LogP contribution is -2.10. The first-order valence-electron chi connectivity index (χ1n) is 9.10. The summed E-state index contributed by atoms with van der Waals surface area (Å²) in [7, 11) is 0. The van der Waals surface area contributed by atoms with E-state index in [-0.39, 0.29) is 12.6 Å². The molecular weight excluding hydrogens is 405 g/mol. The second-order valence-electron chi connectivity index (χ2n) is 6.69. The Morgan fingerprint density at radius 3 is 2.45 bits per heavy atom. The van der Waals surface area contributed by atoms with E-state index in [1.165, 1.54) is 0 Å². The Hall–Kier alpha value is -2.88. The van der Waals surface area contributed by atoms with Crippen molar-refractivity contribution in [2.24, 2.45) is 0 Å². The number of para-hydroxylation sites is 1. The topological polar surface area (TPSA) is 39.2 Å². The van der Waals surface area contributed by atoms with Gasteiger partial charge in [0.15, 0.2) is 0 Å². The van der Waals surface area contributed by atoms with Crippen LogP contribution in [0.4, 0.5) is 0 Å². The first-order valence-corrected chi connectivity index (χ1v) is 9.85. The molecule has 0 N–H and O–H groups in total. The smallest absolute Gasteiger partial charge is 0.339 e. The Morgan fingerprint density at radius 1 is 0.931 bits per heavy atom. The summed E-state index contributed by atoms with van der Waals surface area (Å²) in [6.07, 6.45) is 0. The quantitative estimate of drug-likeness (QED) is 0.337. The number of rotatable bonds is 4. The van der Waals surface area contributed by atoms with E-state index >= 15 is 0 Å². The van der Waals surface area contributed by atoms with E-state index < -0.39 is 0 Å². The molecule has 0 unspecified atom stereocenters. The number of halogens is 2. The van der Waals surface area contributed by atoms with Gasteiger partial charge in [-0.3, -0.25) is 0 Å². The third kappa shape index (κ3) is 4.12. The van der Waals surface area contributed by atoms with Crippen LogP contribution in [0, 0.1) is 6.92 Å². The van der Waals surface area contributed by atoms with E-state index in [9.17, 15) is 4.79 Å². The number of carbonyl (C=O) groups is 1. The van der Waals surface area contributed by atoms with Crippen LogP contribution in [0.25, 0.3) is 22.2 Å². The van der Waals surface area contributed by atoms with Gasteiger partial charge in [0.1, 0.15) is 6.61 Å². The number of esters is 1. The molecule has 0 spiro atoms. The summed E-state index contributed by atoms with van der Waals surface area (Å²) >= 11 is 12.1. The summed E-state index contributed by atoms with van der Waals surface area (Å²) in [6.45, 7) is 2.05. The summed E-state index contributed by atoms with van der Waals surface area (Å²) in [5.74, 6) is -0.390. The van der Waals surface area contributed by atoms with Crippen LogP contribution in [-0.4, -0.2) is 11.0 Å². The number of aromatic nitrogens is 1. The lowest BCUT2D eigenvalue weighted by atomic mass is 9.98. The summed E-state index contributed by atoms with van der Waals surface area (Å²) in [4.78, 5) is 17.8. The zero-order chi connectivity index (χ0) is 20.4. The van der Waals surface area contributed by atoms with Gasteiger partial charge in [-0.05, 0) is 48.4 Å². The minimum atomic E-state index is -0.390. The molecule has 144 valence electrons. The van der Waals surface area contributed by atoms with E-state index in [1.807, 2.05) is 67.6 Å². The molecule has 0 saturated carbocycles. The van der Waals surface area contributed by atoms with Gasteiger partial charge in [0.05, 0.1) is 16.8 Å². The SMILES string of the molecule is Cc1c(-c2cccc(Cl)c2)nc2ccccc2c1C(=O)OCc1ccc(Cl)cc1. The van der Waals surface area contributed by atoms with Gasteiger partial charge in [0.25, 0.3) is 0 Å². The number of nitrogens with zero attached hydrogens (tertiary/aromatic N) is 1. The van der Waals surface area contributed by atoms with E-state index in [4.69, 9.17) is 32.9 Å². The minimum Gasteiger partial charge on any atom is -0.457 e. The fourth-order valence-electron chi connectivity index (χ4n) is 3.29. The molecule has 0 amide bonds. The van der Waals surface area contributed by atoms with Crippen molar-refractivity contribution < 1.29 is 9.53 Å². The third-order valence-corrected chi connectivity index (χ3v) is 5.21. The van der Waals surface area contributed by atoms with Crippen molar-refractivity contribution in [3.63, 3.8) is 0 Å². The first kappa shape index (κ1) is 19.4. The zero-order valence-corrected chi connectivity index (χ0v) is 17.2. The van der Waals surface area contributed by atoms with Crippen LogP contribution in [0.2, 0.25) is 10.0 Å². The number of ether oxygens (including phenoxy) is 1. The molecule has 0 bridgehead atoms. The van der Waals surface area contributed by atoms with Crippen molar-refractivity contribution in [2.75, 3.05) is 0 Å². The summed E-state index contributed by atoms with van der Waals surface area (Å²) < 4.78 is 5.62. The summed E-state index contributed by atoms with van der Waals surface area (Å²) in [5.41, 5.74) is 4.43. The fraction of sp³-hybridized carbons (Fsp3) is 0.0833. The molecule has 0 aliphatic rings. The zero-order valence-electron chi connectivity index (χ0n) is 15.7. The molecule has 5 heteroatoms. The number of carbonyl (C=O) groups excluding carboxylic acids is 1. The van der Waals surface area contributed by atoms with Gasteiger partial charge in [-0.2, -0.15) is 0 Å². The molecule has 1 heterocycles. The summed E-state index contributed by atoms with van der Waals surface area (Å²) in [5, 5.41) is 2.02. The van der Waals surface area contributed by atoms with Crippen LogP contribution >= 0.6 is 23.2 Å². The largest absolute Gasteiger partial charge is 0.457 e. The Kier molecular flexibility index (Phi) is 5.52. The molecule has 0 fully saturated rings. The fourth-order valence-corrected chi connectivity index (χ4v) is 3.61. The van der Waals surface area contributed by atoms with Gasteiger partial charge in [0, 0.05) is 21.0 Å². The Morgan fingerprint density at radius 2 is 1.69 bits per heavy atom. The predicted octanol–water partition coefficient (Wildman–Crippen LogP) is 6.87. The van der Waals surface area contributed by atoms with Crippen molar-refractivity contribution >= 4 is 40.1 Å². The van der Waals surface area contributed by atoms with Crippen LogP contribution in [-0.2, 0) is 11.3 Å². The average molecular weight is 422 g/mol. The van der Waals surface area contributed by atoms with Gasteiger partial charge in [0.2, 0.25) is 0 Å². The molecule has 0 saturated heterocycles. The van der Waals surface area contributed by atoms with E-state index in [0.717, 1.165) is 27.6 Å². The second kappa shape index (κ2) is 8.24. The van der Waals surface area contributed by atoms with Gasteiger partial charge in [-0.25, -0.2) is 9.78 Å². The lowest BCUT2D eigenvalue weighted by Gasteiger charge is -2.14. The van der Waals surface area contributed by atoms with Crippen molar-refractivity contribution in [1.29, 1.82) is 0 Å². The molecule has 3 aromatic carbocycles. The van der Waals surface area contributed by atoms with Gasteiger partial charge in [-0.15, -0.1) is 0 Å². The molecule has 29 heavy (non-hydrogen) atoms. The van der Waals surface area contributed by atoms with Gasteiger partial charge >= 0.3 is 5.97 Å². The van der Waals surface area contributed by atoms with Crippen LogP contribution in [0.15, 0.2) is 72.8 Å². The Bertz CT molecular complexity index is 1200. The number of hydrogen-bond acceptors (Lipinski definition) is 3. The molecule has 1 aromatic heterocycles. The van der Waals surface area contributed by atoms with Crippen molar-refractivity contribution in [3.8, 4) is 11.3 Å². The highest BCUT2D eigenvalue weighted by atomic mass is 35.5. The van der Waals surface area contributed by atoms with Crippen molar-refractivity contribution in [3.05, 3.63) is 99.5 Å². The van der Waals surface area contributed by atoms with Crippen molar-refractivity contribution in [1.82, 2.24) is 4.98 Å². The molecule has 0 radical (unpaired) electrons. The molecule has 3 nitrogen and oxygen atoms in total. The average Bonchev–Trinajstić information content (AvgIpc) is 2.72. The minimum absolute atomic E-state index is 0.165. The number of fused-ring (bicyclic) bond motifs is 1. The number of pyridine rings is 1. The van der Waals surface area contributed by atoms with Crippen LogP contribution < -0.4 is 0 Å². The van der Waals surface area contributed by atoms with Crippen LogP contribution in [0.5, 0.6) is 0 Å². The molecule has 4 aromatic rings. The second-order valence-corrected chi connectivity index (χ2v) is 7.56. The van der Waals surface area contributed by atoms with Crippen LogP contribution in [0.3, 0.4) is 0 Å². The maximum absolute atomic E-state index is 13.1. The maximum atomic E-state index is 13.1. The van der Waals surface area contributed by atoms with Gasteiger partial charge in [-0.1, -0.05) is 65.7 Å². The number of hydrogen-bond donors (Lipinski definition) is 0. The summed E-state index contributed by atoms with van der Waals surface area (Å²) in [6, 6.07) is 22.2. The maximum Gasteiger partial charge on any atom is 0.339 e. The third-order valence-electron chi connectivity index (χ3n) is 4.72. The van der Waals surface area contributed by atoms with E-state index in [2.05, 4.69) is 0 Å². The molecular formula is C24H17Cl2NO2. The first-order chi connectivity index (χ1) is 14.0. The molecule has 4 rings (SSSR count). The molecule has 0 atom stereocenters. The normalized spacial score (nSPS) is 10.9. The number of benzene rings is 3. The Labute approximate surface area is 178 Å². The van der Waals surface area contributed by atoms with E-state index in [0.29, 0.717) is 21.3 Å². The lowest BCUT2D eigenvalue weighted by molar-refractivity contribution is 0.0474. The predicted molar refractivity (Wildman–Crippen MR) is 117 cm³/mol. The monoisotopic (exact) mass is 421 g/mol. The van der Waals surface area contributed by atoms with Crippen molar-refractivity contribution in [2.45, 2.75) is 13.5 Å². The van der Waals surface area contributed by atoms with Gasteiger partial charge < -0.3 is 4.74 Å².